The molecule has 0 aliphatic carbocycles. The Morgan fingerprint density at radius 1 is 1.83 bits per heavy atom. The first-order chi connectivity index (χ1) is 5.77. The fourth-order valence-corrected chi connectivity index (χ4v) is 0.718. The summed E-state index contributed by atoms with van der Waals surface area (Å²) in [5, 5.41) is 7.22. The Bertz CT molecular complexity index is 322. The molecule has 62 valence electrons. The number of terminal acetylenes is 1. The summed E-state index contributed by atoms with van der Waals surface area (Å²) < 4.78 is 1.48. The average Bonchev–Trinajstić information content (AvgIpc) is 2.52. The summed E-state index contributed by atoms with van der Waals surface area (Å²) in [4.78, 5) is 10.8. The smallest absolute Gasteiger partial charge is 0.257 e. The highest BCUT2D eigenvalue weighted by Crippen LogP contribution is 1.92. The first-order valence-electron chi connectivity index (χ1n) is 3.39. The molecule has 0 bridgehead atoms. The molecule has 0 radical (unpaired) electrons. The van der Waals surface area contributed by atoms with Crippen molar-refractivity contribution in [1.82, 2.24) is 15.0 Å². The molecular formula is C7H8N4O. The molecule has 0 aliphatic heterocycles. The summed E-state index contributed by atoms with van der Waals surface area (Å²) in [6, 6.07) is 0. The van der Waals surface area contributed by atoms with Gasteiger partial charge in [-0.3, -0.25) is 9.48 Å². The lowest BCUT2D eigenvalue weighted by Crippen LogP contribution is -2.10. The largest absolute Gasteiger partial charge is 0.329 e. The van der Waals surface area contributed by atoms with Crippen LogP contribution in [-0.2, 0) is 6.54 Å². The van der Waals surface area contributed by atoms with E-state index in [4.69, 9.17) is 12.2 Å². The third-order valence-electron chi connectivity index (χ3n) is 1.26. The second kappa shape index (κ2) is 3.64. The number of aromatic nitrogens is 3. The fraction of sp³-hybridized carbons (Fsp3) is 0.286. The predicted octanol–water partition coefficient (Wildman–Crippen LogP) is -0.947. The van der Waals surface area contributed by atoms with E-state index in [1.165, 1.54) is 10.9 Å². The second-order valence-corrected chi connectivity index (χ2v) is 2.13. The van der Waals surface area contributed by atoms with Crippen molar-refractivity contribution in [3.05, 3.63) is 11.9 Å². The highest BCUT2D eigenvalue weighted by Gasteiger charge is 2.06. The Morgan fingerprint density at radius 3 is 3.17 bits per heavy atom. The topological polar surface area (TPSA) is 73.8 Å². The number of nitrogens with two attached hydrogens (primary N) is 1. The van der Waals surface area contributed by atoms with E-state index in [2.05, 4.69) is 10.3 Å². The Morgan fingerprint density at radius 2 is 2.58 bits per heavy atom. The van der Waals surface area contributed by atoms with Crippen LogP contribution in [0, 0.1) is 12.3 Å². The van der Waals surface area contributed by atoms with E-state index in [9.17, 15) is 4.79 Å². The van der Waals surface area contributed by atoms with Crippen molar-refractivity contribution in [3.63, 3.8) is 0 Å². The minimum absolute atomic E-state index is 0.186. The zero-order valence-electron chi connectivity index (χ0n) is 6.40. The number of hydrogen-bond donors (Lipinski definition) is 1. The van der Waals surface area contributed by atoms with Gasteiger partial charge in [-0.15, -0.1) is 11.5 Å². The molecule has 1 aromatic heterocycles. The van der Waals surface area contributed by atoms with Gasteiger partial charge < -0.3 is 5.73 Å². The molecule has 12 heavy (non-hydrogen) atoms. The highest BCUT2D eigenvalue weighted by atomic mass is 16.1. The molecule has 0 atom stereocenters. The van der Waals surface area contributed by atoms with Crippen molar-refractivity contribution < 1.29 is 4.79 Å². The molecule has 5 nitrogen and oxygen atoms in total. The molecule has 0 fully saturated rings. The van der Waals surface area contributed by atoms with E-state index in [0.717, 1.165) is 0 Å². The predicted molar refractivity (Wildman–Crippen MR) is 42.2 cm³/mol. The lowest BCUT2D eigenvalue weighted by Gasteiger charge is -1.91. The van der Waals surface area contributed by atoms with Crippen LogP contribution in [0.4, 0.5) is 0 Å². The van der Waals surface area contributed by atoms with E-state index in [0.29, 0.717) is 13.1 Å². The minimum Gasteiger partial charge on any atom is -0.329 e. The van der Waals surface area contributed by atoms with Gasteiger partial charge in [-0.25, -0.2) is 0 Å². The van der Waals surface area contributed by atoms with Gasteiger partial charge in [0.1, 0.15) is 0 Å². The minimum atomic E-state index is -0.460. The maximum atomic E-state index is 10.8. The number of Topliss-reactive ketones (excluding diaryl/α,β-unsaturated/α-hetero) is 1. The molecule has 0 saturated carbocycles. The molecular weight excluding hydrogens is 156 g/mol. The lowest BCUT2D eigenvalue weighted by atomic mass is 10.3. The summed E-state index contributed by atoms with van der Waals surface area (Å²) in [5.74, 6) is 1.49. The quantitative estimate of drug-likeness (QED) is 0.355. The maximum Gasteiger partial charge on any atom is 0.257 e. The highest BCUT2D eigenvalue weighted by molar-refractivity contribution is 6.06. The van der Waals surface area contributed by atoms with Crippen molar-refractivity contribution in [2.24, 2.45) is 5.73 Å². The number of carbonyl (C=O) groups excluding carboxylic acids is 1. The zero-order valence-corrected chi connectivity index (χ0v) is 6.40. The van der Waals surface area contributed by atoms with Gasteiger partial charge in [0.05, 0.1) is 12.7 Å². The first kappa shape index (κ1) is 8.43. The van der Waals surface area contributed by atoms with Crippen LogP contribution in [0.3, 0.4) is 0 Å². The van der Waals surface area contributed by atoms with Crippen LogP contribution < -0.4 is 5.73 Å². The van der Waals surface area contributed by atoms with E-state index in [1.54, 1.807) is 0 Å². The van der Waals surface area contributed by atoms with Crippen LogP contribution >= 0.6 is 0 Å². The van der Waals surface area contributed by atoms with Crippen LogP contribution in [-0.4, -0.2) is 27.3 Å². The number of nitrogens with zero attached hydrogens (tertiary/aromatic N) is 3. The molecule has 0 unspecified atom stereocenters. The van der Waals surface area contributed by atoms with Crippen LogP contribution in [0.1, 0.15) is 10.5 Å². The van der Waals surface area contributed by atoms with Gasteiger partial charge in [-0.2, -0.15) is 0 Å². The molecule has 0 spiro atoms. The van der Waals surface area contributed by atoms with Gasteiger partial charge in [0.25, 0.3) is 5.78 Å². The lowest BCUT2D eigenvalue weighted by molar-refractivity contribution is 0.105. The summed E-state index contributed by atoms with van der Waals surface area (Å²) in [6.45, 7) is 0.984. The third-order valence-corrected chi connectivity index (χ3v) is 1.26. The number of rotatable bonds is 3. The average molecular weight is 164 g/mol. The van der Waals surface area contributed by atoms with Gasteiger partial charge in [0.15, 0.2) is 5.69 Å². The van der Waals surface area contributed by atoms with E-state index in [1.807, 2.05) is 5.92 Å². The van der Waals surface area contributed by atoms with Gasteiger partial charge in [0, 0.05) is 6.54 Å². The van der Waals surface area contributed by atoms with Gasteiger partial charge >= 0.3 is 0 Å². The monoisotopic (exact) mass is 164 g/mol. The molecule has 1 rings (SSSR count). The summed E-state index contributed by atoms with van der Waals surface area (Å²) in [5.41, 5.74) is 5.45. The number of carbonyl (C=O) groups is 1. The summed E-state index contributed by atoms with van der Waals surface area (Å²) in [7, 11) is 0. The van der Waals surface area contributed by atoms with Crippen LogP contribution in [0.25, 0.3) is 0 Å². The first-order valence-corrected chi connectivity index (χ1v) is 3.39. The number of ketones is 1. The molecule has 0 saturated heterocycles. The SMILES string of the molecule is C#CC(=O)c1cn(CCN)nn1. The zero-order chi connectivity index (χ0) is 8.97. The van der Waals surface area contributed by atoms with Gasteiger partial charge in [-0.1, -0.05) is 5.21 Å². The van der Waals surface area contributed by atoms with Crippen LogP contribution in [0.2, 0.25) is 0 Å². The van der Waals surface area contributed by atoms with Gasteiger partial charge in [-0.05, 0) is 5.92 Å². The van der Waals surface area contributed by atoms with Crippen LogP contribution in [0.5, 0.6) is 0 Å². The maximum absolute atomic E-state index is 10.8. The van der Waals surface area contributed by atoms with Crippen molar-refractivity contribution >= 4 is 5.78 Å². The summed E-state index contributed by atoms with van der Waals surface area (Å²) >= 11 is 0. The van der Waals surface area contributed by atoms with Crippen molar-refractivity contribution in [1.29, 1.82) is 0 Å². The summed E-state index contributed by atoms with van der Waals surface area (Å²) in [6.07, 6.45) is 6.37. The molecule has 0 amide bonds. The molecule has 2 N–H and O–H groups in total. The third kappa shape index (κ3) is 1.68. The molecule has 1 heterocycles. The van der Waals surface area contributed by atoms with E-state index < -0.39 is 5.78 Å². The second-order valence-electron chi connectivity index (χ2n) is 2.13. The number of hydrogen-bond acceptors (Lipinski definition) is 4. The fourth-order valence-electron chi connectivity index (χ4n) is 0.718. The Kier molecular flexibility index (Phi) is 2.56. The molecule has 1 aromatic rings. The molecule has 5 heteroatoms. The Balaban J connectivity index is 2.78. The Labute approximate surface area is 69.6 Å². The normalized spacial score (nSPS) is 9.33. The van der Waals surface area contributed by atoms with E-state index in [-0.39, 0.29) is 5.69 Å². The Hall–Kier alpha value is -1.67. The van der Waals surface area contributed by atoms with Crippen LogP contribution in [0.15, 0.2) is 6.20 Å². The molecule has 0 aromatic carbocycles. The van der Waals surface area contributed by atoms with Crippen molar-refractivity contribution in [3.8, 4) is 12.3 Å². The van der Waals surface area contributed by atoms with Crippen molar-refractivity contribution in [2.75, 3.05) is 6.54 Å². The standard InChI is InChI=1S/C7H8N4O/c1-2-7(12)6-5-11(4-3-8)10-9-6/h1,5H,3-4,8H2. The van der Waals surface area contributed by atoms with Gasteiger partial charge in [0.2, 0.25) is 0 Å². The molecule has 0 aliphatic rings. The van der Waals surface area contributed by atoms with E-state index >= 15 is 0 Å². The van der Waals surface area contributed by atoms with Crippen molar-refractivity contribution in [2.45, 2.75) is 6.54 Å².